The Labute approximate surface area is 158 Å². The van der Waals surface area contributed by atoms with Crippen LogP contribution in [0.1, 0.15) is 11.4 Å². The molecule has 0 bridgehead atoms. The highest BCUT2D eigenvalue weighted by molar-refractivity contribution is 5.86. The topological polar surface area (TPSA) is 43.2 Å². The molecule has 0 amide bonds. The lowest BCUT2D eigenvalue weighted by molar-refractivity contribution is 0.122. The number of benzene rings is 2. The predicted molar refractivity (Wildman–Crippen MR) is 108 cm³/mol. The van der Waals surface area contributed by atoms with Crippen LogP contribution >= 0.6 is 0 Å². The molecule has 4 aromatic rings. The number of nitrogens with zero attached hydrogens (tertiary/aromatic N) is 4. The number of ether oxygens (including phenoxy) is 1. The summed E-state index contributed by atoms with van der Waals surface area (Å²) in [7, 11) is 0. The third-order valence-corrected chi connectivity index (χ3v) is 5.31. The predicted octanol–water partition coefficient (Wildman–Crippen LogP) is 3.78. The van der Waals surface area contributed by atoms with Crippen molar-refractivity contribution >= 4 is 27.8 Å². The number of imidazole rings is 1. The summed E-state index contributed by atoms with van der Waals surface area (Å²) in [4.78, 5) is 12.0. The number of aryl methyl sites for hydroxylation is 1. The number of anilines is 1. The maximum atomic E-state index is 5.47. The van der Waals surface area contributed by atoms with Crippen LogP contribution in [-0.2, 0) is 11.3 Å². The fourth-order valence-corrected chi connectivity index (χ4v) is 3.86. The van der Waals surface area contributed by atoms with Crippen molar-refractivity contribution in [1.29, 1.82) is 0 Å². The maximum absolute atomic E-state index is 5.47. The minimum absolute atomic E-state index is 0.758. The molecule has 2 aromatic heterocycles. The summed E-state index contributed by atoms with van der Waals surface area (Å²) in [6.07, 6.45) is 0. The third kappa shape index (κ3) is 2.94. The molecule has 0 atom stereocenters. The fourth-order valence-electron chi connectivity index (χ4n) is 3.86. The molecule has 0 N–H and O–H groups in total. The molecule has 0 unspecified atom stereocenters. The van der Waals surface area contributed by atoms with Gasteiger partial charge in [-0.2, -0.15) is 0 Å². The number of aromatic nitrogens is 3. The molecule has 1 fully saturated rings. The number of hydrogen-bond acceptors (Lipinski definition) is 4. The van der Waals surface area contributed by atoms with Crippen molar-refractivity contribution in [3.63, 3.8) is 0 Å². The first kappa shape index (κ1) is 16.3. The molecule has 5 heteroatoms. The minimum atomic E-state index is 0.758. The van der Waals surface area contributed by atoms with Gasteiger partial charge in [0.15, 0.2) is 5.65 Å². The highest BCUT2D eigenvalue weighted by Gasteiger charge is 2.16. The highest BCUT2D eigenvalue weighted by atomic mass is 16.5. The SMILES string of the molecule is Cc1nc2ccc(N3CCOCC3)nc2n1Cc1cccc2ccccc12. The number of hydrogen-bond donors (Lipinski definition) is 0. The zero-order valence-electron chi connectivity index (χ0n) is 15.4. The van der Waals surface area contributed by atoms with Gasteiger partial charge in [0, 0.05) is 13.1 Å². The van der Waals surface area contributed by atoms with Gasteiger partial charge in [-0.1, -0.05) is 42.5 Å². The minimum Gasteiger partial charge on any atom is -0.378 e. The monoisotopic (exact) mass is 358 g/mol. The van der Waals surface area contributed by atoms with Gasteiger partial charge in [-0.05, 0) is 35.4 Å². The van der Waals surface area contributed by atoms with Crippen molar-refractivity contribution in [3.8, 4) is 0 Å². The van der Waals surface area contributed by atoms with Crippen LogP contribution in [0.15, 0.2) is 54.6 Å². The van der Waals surface area contributed by atoms with Crippen LogP contribution in [0.4, 0.5) is 5.82 Å². The molecule has 1 saturated heterocycles. The number of morpholine rings is 1. The molecule has 27 heavy (non-hydrogen) atoms. The summed E-state index contributed by atoms with van der Waals surface area (Å²) in [6, 6.07) is 19.2. The molecular weight excluding hydrogens is 336 g/mol. The molecule has 2 aromatic carbocycles. The van der Waals surface area contributed by atoms with Gasteiger partial charge in [0.05, 0.1) is 19.8 Å². The molecule has 0 spiro atoms. The summed E-state index contributed by atoms with van der Waals surface area (Å²) < 4.78 is 7.69. The normalized spacial score (nSPS) is 14.9. The third-order valence-electron chi connectivity index (χ3n) is 5.31. The van der Waals surface area contributed by atoms with E-state index in [0.717, 1.165) is 55.7 Å². The number of fused-ring (bicyclic) bond motifs is 2. The Balaban J connectivity index is 1.58. The molecule has 5 nitrogen and oxygen atoms in total. The van der Waals surface area contributed by atoms with Crippen LogP contribution in [0.25, 0.3) is 21.9 Å². The Kier molecular flexibility index (Phi) is 4.02. The van der Waals surface area contributed by atoms with Crippen molar-refractivity contribution < 1.29 is 4.74 Å². The van der Waals surface area contributed by atoms with Crippen molar-refractivity contribution in [1.82, 2.24) is 14.5 Å². The Morgan fingerprint density at radius 1 is 0.926 bits per heavy atom. The van der Waals surface area contributed by atoms with Gasteiger partial charge in [0.2, 0.25) is 0 Å². The average molecular weight is 358 g/mol. The van der Waals surface area contributed by atoms with Crippen molar-refractivity contribution in [2.45, 2.75) is 13.5 Å². The second kappa shape index (κ2) is 6.67. The van der Waals surface area contributed by atoms with E-state index in [-0.39, 0.29) is 0 Å². The molecule has 3 heterocycles. The van der Waals surface area contributed by atoms with E-state index >= 15 is 0 Å². The quantitative estimate of drug-likeness (QED) is 0.559. The Hall–Kier alpha value is -2.92. The van der Waals surface area contributed by atoms with Crippen molar-refractivity contribution in [3.05, 3.63) is 66.0 Å². The van der Waals surface area contributed by atoms with Crippen LogP contribution in [0.3, 0.4) is 0 Å². The van der Waals surface area contributed by atoms with E-state index in [9.17, 15) is 0 Å². The lowest BCUT2D eigenvalue weighted by atomic mass is 10.0. The number of rotatable bonds is 3. The number of pyridine rings is 1. The Bertz CT molecular complexity index is 1110. The first-order chi connectivity index (χ1) is 13.3. The summed E-state index contributed by atoms with van der Waals surface area (Å²) in [5, 5.41) is 2.55. The van der Waals surface area contributed by atoms with Gasteiger partial charge in [0.25, 0.3) is 0 Å². The lowest BCUT2D eigenvalue weighted by Gasteiger charge is -2.27. The van der Waals surface area contributed by atoms with Crippen LogP contribution < -0.4 is 4.90 Å². The van der Waals surface area contributed by atoms with Crippen molar-refractivity contribution in [2.24, 2.45) is 0 Å². The average Bonchev–Trinajstić information content (AvgIpc) is 3.03. The lowest BCUT2D eigenvalue weighted by Crippen LogP contribution is -2.36. The van der Waals surface area contributed by atoms with E-state index in [1.807, 2.05) is 0 Å². The highest BCUT2D eigenvalue weighted by Crippen LogP contribution is 2.24. The van der Waals surface area contributed by atoms with E-state index in [2.05, 4.69) is 71.0 Å². The van der Waals surface area contributed by atoms with E-state index in [1.54, 1.807) is 0 Å². The summed E-state index contributed by atoms with van der Waals surface area (Å²) in [6.45, 7) is 6.11. The van der Waals surface area contributed by atoms with Gasteiger partial charge in [0.1, 0.15) is 17.2 Å². The zero-order valence-corrected chi connectivity index (χ0v) is 15.4. The van der Waals surface area contributed by atoms with E-state index < -0.39 is 0 Å². The van der Waals surface area contributed by atoms with Crippen molar-refractivity contribution in [2.75, 3.05) is 31.2 Å². The van der Waals surface area contributed by atoms with Gasteiger partial charge in [-0.25, -0.2) is 9.97 Å². The standard InChI is InChI=1S/C22H22N4O/c1-16-23-20-9-10-21(25-11-13-27-14-12-25)24-22(20)26(16)15-18-7-4-6-17-5-2-3-8-19(17)18/h2-10H,11-15H2,1H3. The van der Waals surface area contributed by atoms with Crippen LogP contribution in [0.5, 0.6) is 0 Å². The second-order valence-electron chi connectivity index (χ2n) is 7.00. The first-order valence-corrected chi connectivity index (χ1v) is 9.43. The smallest absolute Gasteiger partial charge is 0.162 e. The van der Waals surface area contributed by atoms with E-state index in [1.165, 1.54) is 16.3 Å². The largest absolute Gasteiger partial charge is 0.378 e. The summed E-state index contributed by atoms with van der Waals surface area (Å²) in [5.74, 6) is 1.99. The molecule has 1 aliphatic heterocycles. The zero-order chi connectivity index (χ0) is 18.2. The molecule has 0 saturated carbocycles. The van der Waals surface area contributed by atoms with Gasteiger partial charge >= 0.3 is 0 Å². The van der Waals surface area contributed by atoms with Gasteiger partial charge in [-0.3, -0.25) is 0 Å². The van der Waals surface area contributed by atoms with E-state index in [0.29, 0.717) is 0 Å². The molecule has 0 aliphatic carbocycles. The van der Waals surface area contributed by atoms with Gasteiger partial charge < -0.3 is 14.2 Å². The van der Waals surface area contributed by atoms with E-state index in [4.69, 9.17) is 14.7 Å². The Morgan fingerprint density at radius 2 is 1.74 bits per heavy atom. The molecular formula is C22H22N4O. The molecule has 1 aliphatic rings. The first-order valence-electron chi connectivity index (χ1n) is 9.43. The second-order valence-corrected chi connectivity index (χ2v) is 7.00. The summed E-state index contributed by atoms with van der Waals surface area (Å²) in [5.41, 5.74) is 3.18. The van der Waals surface area contributed by atoms with Gasteiger partial charge in [-0.15, -0.1) is 0 Å². The molecule has 5 rings (SSSR count). The maximum Gasteiger partial charge on any atom is 0.162 e. The van der Waals surface area contributed by atoms with Crippen LogP contribution in [0, 0.1) is 6.92 Å². The fraction of sp³-hybridized carbons (Fsp3) is 0.273. The molecule has 0 radical (unpaired) electrons. The molecule has 136 valence electrons. The van der Waals surface area contributed by atoms with Crippen LogP contribution in [0.2, 0.25) is 0 Å². The Morgan fingerprint density at radius 3 is 2.63 bits per heavy atom. The summed E-state index contributed by atoms with van der Waals surface area (Å²) >= 11 is 0. The van der Waals surface area contributed by atoms with Crippen LogP contribution in [-0.4, -0.2) is 40.8 Å².